The standard InChI is InChI=1S/C21H22ClN9O2/c22-15-17(24)28-16(23)14(27-15)18(32)29-20-25-10-21(30-20)5-7-31(8-6-21)19(33)13-9-11-3-1-2-4-12(11)26-13/h1-4,9,26H,5-8,10H2,(H4,23,24,28)(H2,25,29,30,32). The number of anilines is 2. The number of amides is 2. The zero-order valence-electron chi connectivity index (χ0n) is 17.6. The summed E-state index contributed by atoms with van der Waals surface area (Å²) in [5.41, 5.74) is 12.3. The number of hydrogen-bond donors (Lipinski definition) is 5. The number of hydrogen-bond acceptors (Lipinski definition) is 6. The van der Waals surface area contributed by atoms with Gasteiger partial charge in [0.05, 0.1) is 5.54 Å². The molecule has 33 heavy (non-hydrogen) atoms. The summed E-state index contributed by atoms with van der Waals surface area (Å²) in [6, 6.07) is 9.68. The maximum absolute atomic E-state index is 13.0. The Kier molecular flexibility index (Phi) is 5.05. The van der Waals surface area contributed by atoms with Gasteiger partial charge < -0.3 is 32.0 Å². The van der Waals surface area contributed by atoms with Crippen LogP contribution in [0.2, 0.25) is 5.15 Å². The molecule has 0 saturated carbocycles. The number of para-hydroxylation sites is 1. The van der Waals surface area contributed by atoms with E-state index in [-0.39, 0.29) is 33.9 Å². The highest BCUT2D eigenvalue weighted by Crippen LogP contribution is 2.26. The van der Waals surface area contributed by atoms with Crippen LogP contribution in [0.15, 0.2) is 35.3 Å². The molecule has 5 rings (SSSR count). The van der Waals surface area contributed by atoms with Crippen LogP contribution < -0.4 is 22.1 Å². The molecule has 2 aliphatic rings. The summed E-state index contributed by atoms with van der Waals surface area (Å²) in [4.78, 5) is 42.3. The molecule has 2 aliphatic heterocycles. The number of rotatable bonds is 2. The normalized spacial score (nSPS) is 18.5. The molecule has 0 unspecified atom stereocenters. The average Bonchev–Trinajstić information content (AvgIpc) is 3.40. The van der Waals surface area contributed by atoms with E-state index >= 15 is 0 Å². The Labute approximate surface area is 193 Å². The SMILES string of the molecule is Nc1nc(N)c(C(=O)/N=C2\NCC3(CCN(C(=O)c4cc5ccccc5[nH]4)CC3)N2)nc1Cl. The summed E-state index contributed by atoms with van der Waals surface area (Å²) >= 11 is 5.85. The fourth-order valence-corrected chi connectivity index (χ4v) is 4.34. The molecule has 12 heteroatoms. The minimum atomic E-state index is -0.680. The lowest BCUT2D eigenvalue weighted by molar-refractivity contribution is 0.0664. The van der Waals surface area contributed by atoms with Crippen molar-refractivity contribution in [2.75, 3.05) is 31.1 Å². The van der Waals surface area contributed by atoms with Crippen molar-refractivity contribution < 1.29 is 9.59 Å². The predicted octanol–water partition coefficient (Wildman–Crippen LogP) is 1.14. The maximum atomic E-state index is 13.0. The summed E-state index contributed by atoms with van der Waals surface area (Å²) < 4.78 is 0. The number of fused-ring (bicyclic) bond motifs is 1. The van der Waals surface area contributed by atoms with E-state index in [4.69, 9.17) is 23.1 Å². The molecule has 4 heterocycles. The highest BCUT2D eigenvalue weighted by molar-refractivity contribution is 6.31. The second-order valence-corrected chi connectivity index (χ2v) is 8.58. The zero-order valence-corrected chi connectivity index (χ0v) is 18.3. The number of aromatic nitrogens is 3. The van der Waals surface area contributed by atoms with Crippen LogP contribution in [0.4, 0.5) is 11.6 Å². The number of piperidine rings is 1. The van der Waals surface area contributed by atoms with E-state index in [1.807, 2.05) is 35.2 Å². The summed E-state index contributed by atoms with van der Waals surface area (Å²) in [5.74, 6) is -0.568. The van der Waals surface area contributed by atoms with E-state index in [1.165, 1.54) is 0 Å². The van der Waals surface area contributed by atoms with Crippen LogP contribution in [0.1, 0.15) is 33.8 Å². The van der Waals surface area contributed by atoms with Gasteiger partial charge in [-0.05, 0) is 25.0 Å². The second kappa shape index (κ2) is 7.93. The lowest BCUT2D eigenvalue weighted by Gasteiger charge is -2.38. The Balaban J connectivity index is 1.24. The van der Waals surface area contributed by atoms with E-state index in [2.05, 4.69) is 30.6 Å². The number of halogens is 1. The third-order valence-electron chi connectivity index (χ3n) is 6.07. The van der Waals surface area contributed by atoms with Crippen LogP contribution in [-0.4, -0.2) is 62.8 Å². The highest BCUT2D eigenvalue weighted by atomic mass is 35.5. The molecule has 7 N–H and O–H groups in total. The lowest BCUT2D eigenvalue weighted by atomic mass is 9.88. The van der Waals surface area contributed by atoms with Crippen LogP contribution >= 0.6 is 11.6 Å². The monoisotopic (exact) mass is 467 g/mol. The summed E-state index contributed by atoms with van der Waals surface area (Å²) in [6.45, 7) is 1.74. The van der Waals surface area contributed by atoms with Gasteiger partial charge in [-0.25, -0.2) is 9.97 Å². The first-order valence-corrected chi connectivity index (χ1v) is 10.8. The van der Waals surface area contributed by atoms with Crippen molar-refractivity contribution >= 4 is 51.9 Å². The van der Waals surface area contributed by atoms with Gasteiger partial charge >= 0.3 is 5.91 Å². The minimum Gasteiger partial charge on any atom is -0.382 e. The first kappa shape index (κ1) is 21.0. The number of aliphatic imine (C=N–C) groups is 1. The third kappa shape index (κ3) is 3.91. The van der Waals surface area contributed by atoms with Gasteiger partial charge in [-0.3, -0.25) is 9.59 Å². The lowest BCUT2D eigenvalue weighted by Crippen LogP contribution is -2.53. The maximum Gasteiger partial charge on any atom is 0.302 e. The van der Waals surface area contributed by atoms with Crippen molar-refractivity contribution in [3.8, 4) is 0 Å². The Bertz CT molecular complexity index is 1260. The fourth-order valence-electron chi connectivity index (χ4n) is 4.21. The molecule has 3 aromatic rings. The number of benzene rings is 1. The van der Waals surface area contributed by atoms with Crippen LogP contribution in [0, 0.1) is 0 Å². The Morgan fingerprint density at radius 1 is 1.12 bits per heavy atom. The number of likely N-dealkylation sites (tertiary alicyclic amines) is 1. The molecule has 0 aliphatic carbocycles. The smallest absolute Gasteiger partial charge is 0.302 e. The largest absolute Gasteiger partial charge is 0.382 e. The van der Waals surface area contributed by atoms with Gasteiger partial charge in [-0.1, -0.05) is 29.8 Å². The zero-order chi connectivity index (χ0) is 23.2. The molecule has 2 aromatic heterocycles. The number of nitrogen functional groups attached to an aromatic ring is 2. The molecule has 0 atom stereocenters. The molecular weight excluding hydrogens is 446 g/mol. The van der Waals surface area contributed by atoms with Crippen molar-refractivity contribution in [1.29, 1.82) is 0 Å². The Morgan fingerprint density at radius 3 is 2.64 bits per heavy atom. The van der Waals surface area contributed by atoms with Gasteiger partial charge in [-0.15, -0.1) is 0 Å². The van der Waals surface area contributed by atoms with Crippen molar-refractivity contribution in [3.05, 3.63) is 46.9 Å². The number of nitrogens with zero attached hydrogens (tertiary/aromatic N) is 4. The van der Waals surface area contributed by atoms with Crippen LogP contribution in [0.3, 0.4) is 0 Å². The van der Waals surface area contributed by atoms with Crippen LogP contribution in [0.25, 0.3) is 10.9 Å². The van der Waals surface area contributed by atoms with E-state index in [0.29, 0.717) is 44.1 Å². The quantitative estimate of drug-likeness (QED) is 0.374. The van der Waals surface area contributed by atoms with Gasteiger partial charge in [0.25, 0.3) is 5.91 Å². The van der Waals surface area contributed by atoms with E-state index in [1.54, 1.807) is 0 Å². The van der Waals surface area contributed by atoms with Gasteiger partial charge in [0.15, 0.2) is 28.4 Å². The van der Waals surface area contributed by atoms with Gasteiger partial charge in [0.2, 0.25) is 0 Å². The number of nitrogens with one attached hydrogen (secondary N) is 3. The molecule has 0 radical (unpaired) electrons. The first-order chi connectivity index (χ1) is 15.8. The highest BCUT2D eigenvalue weighted by Gasteiger charge is 2.41. The van der Waals surface area contributed by atoms with E-state index in [0.717, 1.165) is 10.9 Å². The molecule has 0 bridgehead atoms. The predicted molar refractivity (Wildman–Crippen MR) is 125 cm³/mol. The number of nitrogens with two attached hydrogens (primary N) is 2. The van der Waals surface area contributed by atoms with E-state index < -0.39 is 5.91 Å². The van der Waals surface area contributed by atoms with Gasteiger partial charge in [-0.2, -0.15) is 4.99 Å². The average molecular weight is 468 g/mol. The number of carbonyl (C=O) groups is 2. The van der Waals surface area contributed by atoms with Crippen molar-refractivity contribution in [1.82, 2.24) is 30.5 Å². The van der Waals surface area contributed by atoms with Crippen LogP contribution in [-0.2, 0) is 0 Å². The molecule has 2 fully saturated rings. The summed E-state index contributed by atoms with van der Waals surface area (Å²) in [6.07, 6.45) is 1.41. The minimum absolute atomic E-state index is 0.0228. The van der Waals surface area contributed by atoms with Crippen molar-refractivity contribution in [3.63, 3.8) is 0 Å². The molecular formula is C21H22ClN9O2. The van der Waals surface area contributed by atoms with Gasteiger partial charge in [0.1, 0.15) is 5.69 Å². The topological polar surface area (TPSA) is 167 Å². The number of guanidine groups is 1. The Hall–Kier alpha value is -3.86. The van der Waals surface area contributed by atoms with Crippen molar-refractivity contribution in [2.45, 2.75) is 18.4 Å². The fraction of sp³-hybridized carbons (Fsp3) is 0.286. The van der Waals surface area contributed by atoms with E-state index in [9.17, 15) is 9.59 Å². The molecule has 2 saturated heterocycles. The molecule has 1 spiro atoms. The molecule has 2 amide bonds. The Morgan fingerprint density at radius 2 is 1.88 bits per heavy atom. The second-order valence-electron chi connectivity index (χ2n) is 8.22. The number of H-pyrrole nitrogens is 1. The van der Waals surface area contributed by atoms with Crippen molar-refractivity contribution in [2.24, 2.45) is 4.99 Å². The molecule has 11 nitrogen and oxygen atoms in total. The number of aromatic amines is 1. The molecule has 1 aromatic carbocycles. The first-order valence-electron chi connectivity index (χ1n) is 10.4. The van der Waals surface area contributed by atoms with Crippen LogP contribution in [0.5, 0.6) is 0 Å². The third-order valence-corrected chi connectivity index (χ3v) is 6.34. The summed E-state index contributed by atoms with van der Waals surface area (Å²) in [5, 5.41) is 7.32. The summed E-state index contributed by atoms with van der Waals surface area (Å²) in [7, 11) is 0. The number of carbonyl (C=O) groups excluding carboxylic acids is 2. The molecule has 170 valence electrons. The van der Waals surface area contributed by atoms with Gasteiger partial charge in [0, 0.05) is 30.5 Å².